The molecule has 1 N–H and O–H groups in total. The molecule has 1 fully saturated rings. The fourth-order valence-corrected chi connectivity index (χ4v) is 4.40. The van der Waals surface area contributed by atoms with Gasteiger partial charge in [0.2, 0.25) is 0 Å². The van der Waals surface area contributed by atoms with E-state index in [9.17, 15) is 9.59 Å². The quantitative estimate of drug-likeness (QED) is 0.159. The van der Waals surface area contributed by atoms with Gasteiger partial charge >= 0.3 is 0 Å². The summed E-state index contributed by atoms with van der Waals surface area (Å²) in [5.41, 5.74) is 1.32. The van der Waals surface area contributed by atoms with Crippen molar-refractivity contribution < 1.29 is 19.1 Å². The second kappa shape index (κ2) is 10.7. The highest BCUT2D eigenvalue weighted by Gasteiger charge is 2.32. The number of carbonyl (C=O) groups excluding carboxylic acids is 2. The average molecular weight is 603 g/mol. The zero-order valence-corrected chi connectivity index (χ0v) is 21.3. The van der Waals surface area contributed by atoms with Crippen molar-refractivity contribution in [3.63, 3.8) is 0 Å². The van der Waals surface area contributed by atoms with E-state index in [2.05, 4.69) is 34.5 Å². The molecule has 1 saturated heterocycles. The van der Waals surface area contributed by atoms with Crippen molar-refractivity contribution in [1.29, 1.82) is 0 Å². The molecule has 0 bridgehead atoms. The van der Waals surface area contributed by atoms with Crippen LogP contribution in [0.4, 0.5) is 0 Å². The molecule has 0 saturated carbocycles. The Kier molecular flexibility index (Phi) is 8.16. The lowest BCUT2D eigenvalue weighted by molar-refractivity contribution is -0.128. The van der Waals surface area contributed by atoms with Gasteiger partial charge in [0.05, 0.1) is 10.7 Å². The Hall–Kier alpha value is -2.14. The van der Waals surface area contributed by atoms with Crippen LogP contribution in [0.25, 0.3) is 6.08 Å². The molecule has 0 unspecified atom stereocenters. The third-order valence-electron chi connectivity index (χ3n) is 4.45. The van der Waals surface area contributed by atoms with Crippen LogP contribution >= 0.6 is 58.0 Å². The van der Waals surface area contributed by atoms with Crippen molar-refractivity contribution in [3.8, 4) is 11.5 Å². The van der Waals surface area contributed by atoms with Crippen molar-refractivity contribution in [2.24, 2.45) is 0 Å². The molecule has 2 aromatic rings. The molecule has 6 nitrogen and oxygen atoms in total. The van der Waals surface area contributed by atoms with E-state index in [4.69, 9.17) is 44.9 Å². The number of amides is 2. The van der Waals surface area contributed by atoms with Gasteiger partial charge in [0.25, 0.3) is 11.8 Å². The van der Waals surface area contributed by atoms with Crippen LogP contribution in [-0.2, 0) is 16.2 Å². The van der Waals surface area contributed by atoms with Gasteiger partial charge in [0, 0.05) is 22.2 Å². The first-order valence-electron chi connectivity index (χ1n) is 9.19. The summed E-state index contributed by atoms with van der Waals surface area (Å²) in [7, 11) is 1.51. The first kappa shape index (κ1) is 24.5. The lowest BCUT2D eigenvalue weighted by Gasteiger charge is -2.27. The largest absolute Gasteiger partial charge is 0.493 e. The number of ether oxygens (including phenoxy) is 2. The van der Waals surface area contributed by atoms with E-state index in [0.29, 0.717) is 27.1 Å². The summed E-state index contributed by atoms with van der Waals surface area (Å²) in [5.74, 6) is -0.108. The maximum Gasteiger partial charge on any atom is 0.265 e. The van der Waals surface area contributed by atoms with Crippen LogP contribution in [0.1, 0.15) is 11.1 Å². The highest BCUT2D eigenvalue weighted by molar-refractivity contribution is 14.1. The second-order valence-corrected chi connectivity index (χ2v) is 8.97. The Morgan fingerprint density at radius 2 is 2.00 bits per heavy atom. The topological polar surface area (TPSA) is 67.9 Å². The Bertz CT molecular complexity index is 1150. The lowest BCUT2D eigenvalue weighted by Crippen LogP contribution is -2.53. The molecule has 10 heteroatoms. The number of thiocarbonyl (C=S) groups is 1. The summed E-state index contributed by atoms with van der Waals surface area (Å²) < 4.78 is 12.2. The van der Waals surface area contributed by atoms with Crippen molar-refractivity contribution in [2.45, 2.75) is 6.61 Å². The van der Waals surface area contributed by atoms with E-state index in [-0.39, 0.29) is 23.8 Å². The normalized spacial score (nSPS) is 15.1. The monoisotopic (exact) mass is 602 g/mol. The van der Waals surface area contributed by atoms with E-state index < -0.39 is 11.8 Å². The van der Waals surface area contributed by atoms with Crippen LogP contribution in [0.2, 0.25) is 10.0 Å². The van der Waals surface area contributed by atoms with Gasteiger partial charge in [0.15, 0.2) is 16.6 Å². The third-order valence-corrected chi connectivity index (χ3v) is 6.16. The third kappa shape index (κ3) is 5.43. The van der Waals surface area contributed by atoms with Gasteiger partial charge in [-0.1, -0.05) is 35.3 Å². The predicted octanol–water partition coefficient (Wildman–Crippen LogP) is 5.00. The standard InChI is InChI=1S/C22H17Cl2IN2O4S/c1-3-6-27-21(29)15(20(28)26-22(27)32)7-12-8-17(25)19(18(9-12)30-2)31-11-13-4-5-14(23)10-16(13)24/h3-5,7-10H,1,6,11H2,2H3,(H,26,28,32)/b15-7+. The van der Waals surface area contributed by atoms with Gasteiger partial charge in [-0.3, -0.25) is 19.8 Å². The van der Waals surface area contributed by atoms with E-state index in [0.717, 1.165) is 9.13 Å². The molecule has 166 valence electrons. The van der Waals surface area contributed by atoms with E-state index >= 15 is 0 Å². The van der Waals surface area contributed by atoms with Crippen molar-refractivity contribution in [2.75, 3.05) is 13.7 Å². The molecule has 3 rings (SSSR count). The minimum absolute atomic E-state index is 0.0417. The number of methoxy groups -OCH3 is 1. The number of nitrogens with one attached hydrogen (secondary N) is 1. The summed E-state index contributed by atoms with van der Waals surface area (Å²) >= 11 is 19.3. The smallest absolute Gasteiger partial charge is 0.265 e. The van der Waals surface area contributed by atoms with Gasteiger partial charge in [0.1, 0.15) is 12.2 Å². The van der Waals surface area contributed by atoms with Crippen molar-refractivity contribution in [1.82, 2.24) is 10.2 Å². The Balaban J connectivity index is 1.90. The zero-order valence-electron chi connectivity index (χ0n) is 16.8. The number of rotatable bonds is 7. The molecule has 0 aliphatic carbocycles. The molecule has 0 radical (unpaired) electrons. The molecule has 2 aromatic carbocycles. The molecule has 1 heterocycles. The van der Waals surface area contributed by atoms with Crippen LogP contribution in [0, 0.1) is 3.57 Å². The summed E-state index contributed by atoms with van der Waals surface area (Å²) in [4.78, 5) is 26.4. The first-order valence-corrected chi connectivity index (χ1v) is 11.4. The molecular weight excluding hydrogens is 586 g/mol. The zero-order chi connectivity index (χ0) is 23.4. The second-order valence-electron chi connectivity index (χ2n) is 6.58. The molecule has 2 amide bonds. The number of benzene rings is 2. The summed E-state index contributed by atoms with van der Waals surface area (Å²) in [6.07, 6.45) is 3.02. The van der Waals surface area contributed by atoms with Crippen LogP contribution < -0.4 is 14.8 Å². The molecule has 1 aliphatic rings. The highest BCUT2D eigenvalue weighted by atomic mass is 127. The number of halogens is 3. The van der Waals surface area contributed by atoms with E-state index in [1.807, 2.05) is 0 Å². The molecular formula is C22H17Cl2IN2O4S. The molecule has 32 heavy (non-hydrogen) atoms. The summed E-state index contributed by atoms with van der Waals surface area (Å²) in [6, 6.07) is 8.62. The SMILES string of the molecule is C=CCN1C(=O)/C(=C/c2cc(I)c(OCc3ccc(Cl)cc3Cl)c(OC)c2)C(=O)NC1=S. The van der Waals surface area contributed by atoms with Gasteiger partial charge in [-0.15, -0.1) is 6.58 Å². The number of hydrogen-bond acceptors (Lipinski definition) is 5. The van der Waals surface area contributed by atoms with E-state index in [1.165, 1.54) is 24.2 Å². The van der Waals surface area contributed by atoms with Gasteiger partial charge in [-0.2, -0.15) is 0 Å². The molecule has 0 spiro atoms. The molecule has 0 atom stereocenters. The number of nitrogens with zero attached hydrogens (tertiary/aromatic N) is 1. The predicted molar refractivity (Wildman–Crippen MR) is 137 cm³/mol. The van der Waals surface area contributed by atoms with Gasteiger partial charge in [-0.05, 0) is 70.7 Å². The Morgan fingerprint density at radius 3 is 2.66 bits per heavy atom. The maximum absolute atomic E-state index is 12.7. The summed E-state index contributed by atoms with van der Waals surface area (Å²) in [6.45, 7) is 4.01. The lowest BCUT2D eigenvalue weighted by atomic mass is 10.1. The Labute approximate surface area is 214 Å². The average Bonchev–Trinajstić information content (AvgIpc) is 2.74. The van der Waals surface area contributed by atoms with Crippen LogP contribution in [0.15, 0.2) is 48.6 Å². The van der Waals surface area contributed by atoms with Gasteiger partial charge in [-0.25, -0.2) is 0 Å². The summed E-state index contributed by atoms with van der Waals surface area (Å²) in [5, 5.41) is 3.60. The van der Waals surface area contributed by atoms with Crippen molar-refractivity contribution >= 4 is 81.0 Å². The number of hydrogen-bond donors (Lipinski definition) is 1. The minimum Gasteiger partial charge on any atom is -0.493 e. The number of carbonyl (C=O) groups is 2. The van der Waals surface area contributed by atoms with Crippen LogP contribution in [0.5, 0.6) is 11.5 Å². The first-order chi connectivity index (χ1) is 15.2. The maximum atomic E-state index is 12.7. The van der Waals surface area contributed by atoms with Crippen LogP contribution in [0.3, 0.4) is 0 Å². The fourth-order valence-electron chi connectivity index (χ4n) is 2.91. The van der Waals surface area contributed by atoms with Crippen molar-refractivity contribution in [3.05, 3.63) is 73.3 Å². The molecule has 1 aliphatic heterocycles. The highest BCUT2D eigenvalue weighted by Crippen LogP contribution is 2.36. The van der Waals surface area contributed by atoms with Crippen LogP contribution in [-0.4, -0.2) is 35.5 Å². The van der Waals surface area contributed by atoms with E-state index in [1.54, 1.807) is 30.3 Å². The fraction of sp³-hybridized carbons (Fsp3) is 0.136. The Morgan fingerprint density at radius 1 is 1.25 bits per heavy atom. The molecule has 0 aromatic heterocycles. The van der Waals surface area contributed by atoms with Gasteiger partial charge < -0.3 is 9.47 Å². The minimum atomic E-state index is -0.563.